The molecule has 0 bridgehead atoms. The fourth-order valence-corrected chi connectivity index (χ4v) is 2.49. The van der Waals surface area contributed by atoms with Crippen LogP contribution in [0.15, 0.2) is 54.2 Å². The molecule has 2 rings (SSSR count). The van der Waals surface area contributed by atoms with Gasteiger partial charge in [-0.05, 0) is 42.3 Å². The molecular formula is C19H17Cl2N3O2. The van der Waals surface area contributed by atoms with E-state index in [-0.39, 0.29) is 5.57 Å². The molecule has 0 aromatic heterocycles. The van der Waals surface area contributed by atoms with E-state index in [9.17, 15) is 10.1 Å². The van der Waals surface area contributed by atoms with E-state index in [4.69, 9.17) is 27.9 Å². The first-order chi connectivity index (χ1) is 12.5. The molecule has 0 aliphatic heterocycles. The Hall–Kier alpha value is -2.68. The van der Waals surface area contributed by atoms with Crippen molar-refractivity contribution in [1.29, 1.82) is 5.26 Å². The standard InChI is InChI=1S/C19H17Cl2N3O2/c1-26-16-4-2-3-13(9-16)7-8-23-12-14(11-22)19(25)24-18-10-15(20)5-6-17(18)21/h2-6,9-10,12,23H,7-8H2,1H3,(H,24,25)/b14-12-. The van der Waals surface area contributed by atoms with Crippen molar-refractivity contribution in [3.05, 3.63) is 69.8 Å². The number of halogens is 2. The van der Waals surface area contributed by atoms with Gasteiger partial charge in [-0.3, -0.25) is 4.79 Å². The van der Waals surface area contributed by atoms with E-state index in [0.717, 1.165) is 11.3 Å². The number of methoxy groups -OCH3 is 1. The number of hydrogen-bond donors (Lipinski definition) is 2. The molecule has 1 amide bonds. The molecule has 2 aromatic rings. The first-order valence-electron chi connectivity index (χ1n) is 7.76. The molecule has 0 aliphatic carbocycles. The van der Waals surface area contributed by atoms with Crippen molar-refractivity contribution in [1.82, 2.24) is 5.32 Å². The number of rotatable bonds is 7. The maximum absolute atomic E-state index is 12.2. The Morgan fingerprint density at radius 2 is 2.08 bits per heavy atom. The van der Waals surface area contributed by atoms with E-state index in [1.54, 1.807) is 19.2 Å². The molecule has 0 radical (unpaired) electrons. The van der Waals surface area contributed by atoms with Gasteiger partial charge in [0.05, 0.1) is 17.8 Å². The monoisotopic (exact) mass is 389 g/mol. The van der Waals surface area contributed by atoms with Crippen molar-refractivity contribution in [2.75, 3.05) is 19.0 Å². The summed E-state index contributed by atoms with van der Waals surface area (Å²) in [5.41, 5.74) is 1.37. The fourth-order valence-electron chi connectivity index (χ4n) is 2.15. The highest BCUT2D eigenvalue weighted by Gasteiger charge is 2.11. The van der Waals surface area contributed by atoms with Crippen LogP contribution in [-0.4, -0.2) is 19.6 Å². The molecule has 134 valence electrons. The summed E-state index contributed by atoms with van der Waals surface area (Å²) in [6.45, 7) is 0.559. The SMILES string of the molecule is COc1cccc(CCN/C=C(/C#N)C(=O)Nc2cc(Cl)ccc2Cl)c1. The van der Waals surface area contributed by atoms with E-state index in [2.05, 4.69) is 10.6 Å². The molecule has 0 heterocycles. The highest BCUT2D eigenvalue weighted by molar-refractivity contribution is 6.35. The number of nitriles is 1. The van der Waals surface area contributed by atoms with Crippen LogP contribution >= 0.6 is 23.2 Å². The summed E-state index contributed by atoms with van der Waals surface area (Å²) in [6.07, 6.45) is 2.10. The minimum absolute atomic E-state index is 0.0633. The Morgan fingerprint density at radius 1 is 1.27 bits per heavy atom. The molecule has 0 aliphatic rings. The van der Waals surface area contributed by atoms with Crippen LogP contribution in [0.1, 0.15) is 5.56 Å². The molecule has 0 saturated heterocycles. The molecule has 0 saturated carbocycles. The van der Waals surface area contributed by atoms with Gasteiger partial charge >= 0.3 is 0 Å². The quantitative estimate of drug-likeness (QED) is 0.423. The van der Waals surface area contributed by atoms with Gasteiger partial charge in [-0.2, -0.15) is 5.26 Å². The van der Waals surface area contributed by atoms with Gasteiger partial charge in [-0.25, -0.2) is 0 Å². The number of carbonyl (C=O) groups is 1. The minimum atomic E-state index is -0.564. The van der Waals surface area contributed by atoms with Crippen LogP contribution in [0.25, 0.3) is 0 Å². The van der Waals surface area contributed by atoms with Gasteiger partial charge in [0.15, 0.2) is 0 Å². The highest BCUT2D eigenvalue weighted by Crippen LogP contribution is 2.25. The van der Waals surface area contributed by atoms with Crippen molar-refractivity contribution >= 4 is 34.8 Å². The maximum Gasteiger partial charge on any atom is 0.267 e. The zero-order valence-corrected chi connectivity index (χ0v) is 15.6. The van der Waals surface area contributed by atoms with Gasteiger partial charge in [0.25, 0.3) is 5.91 Å². The van der Waals surface area contributed by atoms with Gasteiger partial charge in [-0.1, -0.05) is 35.3 Å². The smallest absolute Gasteiger partial charge is 0.267 e. The van der Waals surface area contributed by atoms with Gasteiger partial charge < -0.3 is 15.4 Å². The Bertz CT molecular complexity index is 860. The summed E-state index contributed by atoms with van der Waals surface area (Å²) in [7, 11) is 1.62. The van der Waals surface area contributed by atoms with Crippen molar-refractivity contribution in [2.24, 2.45) is 0 Å². The molecule has 0 atom stereocenters. The second-order valence-corrected chi connectivity index (χ2v) is 6.15. The van der Waals surface area contributed by atoms with Crippen LogP contribution in [0.4, 0.5) is 5.69 Å². The molecule has 2 aromatic carbocycles. The lowest BCUT2D eigenvalue weighted by atomic mass is 10.1. The normalized spacial score (nSPS) is 10.8. The number of nitrogens with one attached hydrogen (secondary N) is 2. The highest BCUT2D eigenvalue weighted by atomic mass is 35.5. The average Bonchev–Trinajstić information content (AvgIpc) is 2.64. The summed E-state index contributed by atoms with van der Waals surface area (Å²) >= 11 is 11.9. The van der Waals surface area contributed by atoms with Crippen LogP contribution in [0.2, 0.25) is 10.0 Å². The van der Waals surface area contributed by atoms with Crippen LogP contribution in [0, 0.1) is 11.3 Å². The molecular weight excluding hydrogens is 373 g/mol. The van der Waals surface area contributed by atoms with Gasteiger partial charge in [0.1, 0.15) is 17.4 Å². The minimum Gasteiger partial charge on any atom is -0.497 e. The average molecular weight is 390 g/mol. The number of anilines is 1. The molecule has 7 heteroatoms. The van der Waals surface area contributed by atoms with E-state index in [1.807, 2.05) is 30.3 Å². The van der Waals surface area contributed by atoms with Crippen molar-refractivity contribution in [2.45, 2.75) is 6.42 Å². The third-order valence-electron chi connectivity index (χ3n) is 3.48. The summed E-state index contributed by atoms with van der Waals surface area (Å²) in [5, 5.41) is 15.5. The number of ether oxygens (including phenoxy) is 1. The largest absolute Gasteiger partial charge is 0.497 e. The summed E-state index contributed by atoms with van der Waals surface area (Å²) in [6, 6.07) is 14.3. The summed E-state index contributed by atoms with van der Waals surface area (Å²) in [5.74, 6) is 0.221. The Morgan fingerprint density at radius 3 is 2.81 bits per heavy atom. The Kier molecular flexibility index (Phi) is 7.34. The predicted octanol–water partition coefficient (Wildman–Crippen LogP) is 4.18. The summed E-state index contributed by atoms with van der Waals surface area (Å²) < 4.78 is 5.17. The first-order valence-corrected chi connectivity index (χ1v) is 8.52. The maximum atomic E-state index is 12.2. The molecule has 0 spiro atoms. The zero-order chi connectivity index (χ0) is 18.9. The van der Waals surface area contributed by atoms with E-state index >= 15 is 0 Å². The third-order valence-corrected chi connectivity index (χ3v) is 4.04. The molecule has 2 N–H and O–H groups in total. The lowest BCUT2D eigenvalue weighted by Crippen LogP contribution is -2.18. The van der Waals surface area contributed by atoms with Crippen molar-refractivity contribution in [3.63, 3.8) is 0 Å². The van der Waals surface area contributed by atoms with Crippen LogP contribution < -0.4 is 15.4 Å². The number of amides is 1. The second kappa shape index (κ2) is 9.71. The number of carbonyl (C=O) groups excluding carboxylic acids is 1. The van der Waals surface area contributed by atoms with Crippen LogP contribution in [0.5, 0.6) is 5.75 Å². The Balaban J connectivity index is 1.93. The van der Waals surface area contributed by atoms with E-state index in [0.29, 0.717) is 28.7 Å². The van der Waals surface area contributed by atoms with Crippen molar-refractivity contribution < 1.29 is 9.53 Å². The molecule has 0 fully saturated rings. The van der Waals surface area contributed by atoms with Gasteiger partial charge in [-0.15, -0.1) is 0 Å². The lowest BCUT2D eigenvalue weighted by molar-refractivity contribution is -0.112. The van der Waals surface area contributed by atoms with Gasteiger partial charge in [0, 0.05) is 17.8 Å². The number of hydrogen-bond acceptors (Lipinski definition) is 4. The first kappa shape index (κ1) is 19.6. The summed E-state index contributed by atoms with van der Waals surface area (Å²) in [4.78, 5) is 12.2. The van der Waals surface area contributed by atoms with Crippen LogP contribution in [0.3, 0.4) is 0 Å². The number of benzene rings is 2. The topological polar surface area (TPSA) is 74.1 Å². The number of nitrogens with zero attached hydrogens (tertiary/aromatic N) is 1. The second-order valence-electron chi connectivity index (χ2n) is 5.30. The molecule has 0 unspecified atom stereocenters. The molecule has 5 nitrogen and oxygen atoms in total. The molecule has 26 heavy (non-hydrogen) atoms. The van der Waals surface area contributed by atoms with Crippen molar-refractivity contribution in [3.8, 4) is 11.8 Å². The van der Waals surface area contributed by atoms with E-state index < -0.39 is 5.91 Å². The Labute approximate surface area is 162 Å². The fraction of sp³-hybridized carbons (Fsp3) is 0.158. The van der Waals surface area contributed by atoms with E-state index in [1.165, 1.54) is 12.3 Å². The predicted molar refractivity (Wildman–Crippen MR) is 103 cm³/mol. The third kappa shape index (κ3) is 5.69. The lowest BCUT2D eigenvalue weighted by Gasteiger charge is -2.08. The zero-order valence-electron chi connectivity index (χ0n) is 14.1. The van der Waals surface area contributed by atoms with Crippen LogP contribution in [-0.2, 0) is 11.2 Å². The van der Waals surface area contributed by atoms with Gasteiger partial charge in [0.2, 0.25) is 0 Å².